The number of amides is 1. The van der Waals surface area contributed by atoms with E-state index in [0.29, 0.717) is 5.69 Å². The van der Waals surface area contributed by atoms with Gasteiger partial charge in [-0.25, -0.2) is 0 Å². The molecule has 0 fully saturated rings. The number of nitrogens with one attached hydrogen (secondary N) is 2. The molecule has 0 aliphatic rings. The van der Waals surface area contributed by atoms with Crippen LogP contribution in [-0.4, -0.2) is 24.4 Å². The molecular formula is C17H22N3O3S+. The lowest BCUT2D eigenvalue weighted by Gasteiger charge is -2.15. The zero-order valence-electron chi connectivity index (χ0n) is 14.3. The van der Waals surface area contributed by atoms with Crippen molar-refractivity contribution in [1.29, 1.82) is 0 Å². The van der Waals surface area contributed by atoms with Crippen LogP contribution < -0.4 is 10.2 Å². The molecule has 0 aliphatic carbocycles. The third-order valence-corrected chi connectivity index (χ3v) is 5.09. The molecule has 7 heteroatoms. The Kier molecular flexibility index (Phi) is 5.69. The molecule has 1 aromatic heterocycles. The van der Waals surface area contributed by atoms with E-state index in [9.17, 15) is 14.9 Å². The number of hydrogen-bond donors (Lipinski definition) is 2. The predicted octanol–water partition coefficient (Wildman–Crippen LogP) is 2.23. The number of likely N-dealkylation sites (N-methyl/N-ethyl adjacent to an activating group) is 1. The number of nitrogens with zero attached hydrogens (tertiary/aromatic N) is 1. The summed E-state index contributed by atoms with van der Waals surface area (Å²) in [4.78, 5) is 25.3. The number of aryl methyl sites for hydroxylation is 2. The second kappa shape index (κ2) is 7.55. The van der Waals surface area contributed by atoms with Gasteiger partial charge in [0.25, 0.3) is 11.6 Å². The summed E-state index contributed by atoms with van der Waals surface area (Å²) in [6, 6.07) is 5.19. The van der Waals surface area contributed by atoms with Crippen molar-refractivity contribution in [2.45, 2.75) is 27.3 Å². The van der Waals surface area contributed by atoms with Crippen LogP contribution in [0.1, 0.15) is 21.6 Å². The van der Waals surface area contributed by atoms with Crippen LogP contribution in [0.25, 0.3) is 0 Å². The molecule has 0 saturated heterocycles. The van der Waals surface area contributed by atoms with Crippen LogP contribution in [-0.2, 0) is 11.3 Å². The minimum absolute atomic E-state index is 0.0711. The molecule has 2 rings (SSSR count). The summed E-state index contributed by atoms with van der Waals surface area (Å²) >= 11 is 1.68. The molecule has 0 radical (unpaired) electrons. The molecule has 2 N–H and O–H groups in total. The molecular weight excluding hydrogens is 326 g/mol. The van der Waals surface area contributed by atoms with Crippen molar-refractivity contribution in [3.8, 4) is 0 Å². The number of nitro groups is 1. The fourth-order valence-corrected chi connectivity index (χ4v) is 3.51. The quantitative estimate of drug-likeness (QED) is 0.621. The lowest BCUT2D eigenvalue weighted by molar-refractivity contribution is -0.884. The maximum atomic E-state index is 12.3. The zero-order chi connectivity index (χ0) is 17.9. The van der Waals surface area contributed by atoms with Crippen molar-refractivity contribution in [1.82, 2.24) is 0 Å². The highest BCUT2D eigenvalue weighted by Crippen LogP contribution is 2.29. The number of thiophene rings is 1. The highest BCUT2D eigenvalue weighted by Gasteiger charge is 2.21. The van der Waals surface area contributed by atoms with E-state index in [0.717, 1.165) is 22.6 Å². The van der Waals surface area contributed by atoms with Gasteiger partial charge in [-0.2, -0.15) is 0 Å². The maximum absolute atomic E-state index is 12.3. The van der Waals surface area contributed by atoms with Gasteiger partial charge in [-0.3, -0.25) is 14.9 Å². The van der Waals surface area contributed by atoms with Crippen LogP contribution in [0.4, 0.5) is 11.4 Å². The Balaban J connectivity index is 2.08. The molecule has 1 amide bonds. The third-order valence-electron chi connectivity index (χ3n) is 4.07. The Morgan fingerprint density at radius 3 is 2.54 bits per heavy atom. The van der Waals surface area contributed by atoms with Crippen molar-refractivity contribution in [2.24, 2.45) is 0 Å². The Morgan fingerprint density at radius 2 is 1.96 bits per heavy atom. The summed E-state index contributed by atoms with van der Waals surface area (Å²) in [5.74, 6) is -0.224. The summed E-state index contributed by atoms with van der Waals surface area (Å²) in [7, 11) is 1.94. The van der Waals surface area contributed by atoms with Crippen molar-refractivity contribution in [3.63, 3.8) is 0 Å². The molecule has 1 unspecified atom stereocenters. The lowest BCUT2D eigenvalue weighted by atomic mass is 10.1. The second-order valence-corrected chi connectivity index (χ2v) is 7.04. The van der Waals surface area contributed by atoms with Gasteiger partial charge < -0.3 is 10.2 Å². The Morgan fingerprint density at radius 1 is 1.25 bits per heavy atom. The van der Waals surface area contributed by atoms with Crippen molar-refractivity contribution < 1.29 is 14.6 Å². The van der Waals surface area contributed by atoms with E-state index in [4.69, 9.17) is 0 Å². The van der Waals surface area contributed by atoms with Crippen molar-refractivity contribution in [3.05, 3.63) is 55.3 Å². The first kappa shape index (κ1) is 18.1. The second-order valence-electron chi connectivity index (χ2n) is 6.04. The van der Waals surface area contributed by atoms with Crippen LogP contribution in [0.2, 0.25) is 0 Å². The van der Waals surface area contributed by atoms with Gasteiger partial charge >= 0.3 is 0 Å². The standard InChI is InChI=1S/C17H21N3O3S/c1-11-5-6-14(20(22)23)17(13(11)3)18-16(21)10-19(4)9-15-12(2)7-8-24-15/h5-8H,9-10H2,1-4H3,(H,18,21)/p+1. The van der Waals surface area contributed by atoms with Crippen LogP contribution in [0.3, 0.4) is 0 Å². The number of quaternary nitrogens is 1. The number of anilines is 1. The average Bonchev–Trinajstić information content (AvgIpc) is 2.88. The maximum Gasteiger partial charge on any atom is 0.293 e. The molecule has 1 atom stereocenters. The number of hydrogen-bond acceptors (Lipinski definition) is 4. The normalized spacial score (nSPS) is 12.0. The van der Waals surface area contributed by atoms with Gasteiger partial charge in [-0.1, -0.05) is 6.07 Å². The topological polar surface area (TPSA) is 76.7 Å². The SMILES string of the molecule is Cc1ccsc1C[NH+](C)CC(=O)Nc1c([N+](=O)[O-])ccc(C)c1C. The van der Waals surface area contributed by atoms with E-state index < -0.39 is 4.92 Å². The first-order valence-electron chi connectivity index (χ1n) is 7.68. The van der Waals surface area contributed by atoms with E-state index in [1.54, 1.807) is 24.3 Å². The highest BCUT2D eigenvalue weighted by atomic mass is 32.1. The summed E-state index contributed by atoms with van der Waals surface area (Å²) < 4.78 is 0. The molecule has 0 bridgehead atoms. The molecule has 0 spiro atoms. The van der Waals surface area contributed by atoms with Crippen LogP contribution in [0, 0.1) is 30.9 Å². The van der Waals surface area contributed by atoms with Gasteiger partial charge in [0.15, 0.2) is 6.54 Å². The fourth-order valence-electron chi connectivity index (χ4n) is 2.49. The third kappa shape index (κ3) is 4.18. The van der Waals surface area contributed by atoms with Gasteiger partial charge in [0.05, 0.1) is 16.8 Å². The van der Waals surface area contributed by atoms with E-state index in [2.05, 4.69) is 18.3 Å². The van der Waals surface area contributed by atoms with E-state index in [-0.39, 0.29) is 18.1 Å². The summed E-state index contributed by atoms with van der Waals surface area (Å²) in [6.07, 6.45) is 0. The monoisotopic (exact) mass is 348 g/mol. The van der Waals surface area contributed by atoms with Gasteiger partial charge in [0, 0.05) is 6.07 Å². The zero-order valence-corrected chi connectivity index (χ0v) is 15.1. The Hall–Kier alpha value is -2.25. The molecule has 1 heterocycles. The summed E-state index contributed by atoms with van der Waals surface area (Å²) in [5.41, 5.74) is 3.09. The van der Waals surface area contributed by atoms with E-state index >= 15 is 0 Å². The molecule has 128 valence electrons. The molecule has 2 aromatic rings. The van der Waals surface area contributed by atoms with Crippen molar-refractivity contribution in [2.75, 3.05) is 18.9 Å². The molecule has 1 aromatic carbocycles. The van der Waals surface area contributed by atoms with Crippen molar-refractivity contribution >= 4 is 28.6 Å². The van der Waals surface area contributed by atoms with Gasteiger partial charge in [0.2, 0.25) is 0 Å². The number of benzene rings is 1. The van der Waals surface area contributed by atoms with Gasteiger partial charge in [-0.05, 0) is 48.9 Å². The minimum atomic E-state index is -0.465. The minimum Gasteiger partial charge on any atom is -0.325 e. The first-order valence-corrected chi connectivity index (χ1v) is 8.56. The smallest absolute Gasteiger partial charge is 0.293 e. The molecule has 0 aliphatic heterocycles. The Labute approximate surface area is 145 Å². The largest absolute Gasteiger partial charge is 0.325 e. The highest BCUT2D eigenvalue weighted by molar-refractivity contribution is 7.10. The van der Waals surface area contributed by atoms with Gasteiger partial charge in [0.1, 0.15) is 12.2 Å². The number of nitro benzene ring substituents is 1. The summed E-state index contributed by atoms with van der Waals surface area (Å²) in [5, 5.41) is 16.0. The predicted molar refractivity (Wildman–Crippen MR) is 95.7 cm³/mol. The summed E-state index contributed by atoms with van der Waals surface area (Å²) in [6.45, 7) is 6.71. The number of carbonyl (C=O) groups excluding carboxylic acids is 1. The first-order chi connectivity index (χ1) is 11.3. The molecule has 0 saturated carbocycles. The van der Waals surface area contributed by atoms with Crippen LogP contribution in [0.5, 0.6) is 0 Å². The average molecular weight is 348 g/mol. The number of rotatable bonds is 6. The van der Waals surface area contributed by atoms with E-state index in [1.165, 1.54) is 16.5 Å². The van der Waals surface area contributed by atoms with Crippen LogP contribution >= 0.6 is 11.3 Å². The molecule has 24 heavy (non-hydrogen) atoms. The van der Waals surface area contributed by atoms with Gasteiger partial charge in [-0.15, -0.1) is 11.3 Å². The number of carbonyl (C=O) groups is 1. The van der Waals surface area contributed by atoms with Crippen LogP contribution in [0.15, 0.2) is 23.6 Å². The fraction of sp³-hybridized carbons (Fsp3) is 0.353. The lowest BCUT2D eigenvalue weighted by Crippen LogP contribution is -3.08. The molecule has 6 nitrogen and oxygen atoms in total. The van der Waals surface area contributed by atoms with E-state index in [1.807, 2.05) is 19.4 Å². The Bertz CT molecular complexity index is 770.